The minimum Gasteiger partial charge on any atom is -0.507 e. The second-order valence-corrected chi connectivity index (χ2v) is 8.49. The smallest absolute Gasteiger partial charge is 0.338 e. The quantitative estimate of drug-likeness (QED) is 0.327. The molecule has 0 bridgehead atoms. The first-order chi connectivity index (χ1) is 17.0. The van der Waals surface area contributed by atoms with E-state index in [9.17, 15) is 24.6 Å². The summed E-state index contributed by atoms with van der Waals surface area (Å²) in [6.07, 6.45) is -0.530. The largest absolute Gasteiger partial charge is 0.507 e. The Morgan fingerprint density at radius 2 is 1.42 bits per heavy atom. The Bertz CT molecular complexity index is 1280. The molecule has 0 atom stereocenters. The molecule has 2 amide bonds. The molecular weight excluding hydrogens is 464 g/mol. The first-order valence-electron chi connectivity index (χ1n) is 11.3. The highest BCUT2D eigenvalue weighted by atomic mass is 16.5. The Hall–Kier alpha value is -4.53. The van der Waals surface area contributed by atoms with Gasteiger partial charge >= 0.3 is 5.97 Å². The van der Waals surface area contributed by atoms with Gasteiger partial charge in [0.15, 0.2) is 0 Å². The van der Waals surface area contributed by atoms with E-state index in [4.69, 9.17) is 9.47 Å². The van der Waals surface area contributed by atoms with Crippen LogP contribution in [0.1, 0.15) is 58.8 Å². The number of phenolic OH excluding ortho intramolecular Hbond substituents is 2. The van der Waals surface area contributed by atoms with E-state index in [2.05, 4.69) is 10.6 Å². The van der Waals surface area contributed by atoms with E-state index in [1.54, 1.807) is 39.8 Å². The molecule has 36 heavy (non-hydrogen) atoms. The summed E-state index contributed by atoms with van der Waals surface area (Å²) in [5.41, 5.74) is 0.816. The number of carbonyl (C=O) groups is 3. The molecule has 0 saturated heterocycles. The molecule has 3 rings (SSSR count). The third-order valence-electron chi connectivity index (χ3n) is 4.82. The summed E-state index contributed by atoms with van der Waals surface area (Å²) in [5.74, 6) is -2.00. The average Bonchev–Trinajstić information content (AvgIpc) is 2.79. The molecule has 0 spiro atoms. The van der Waals surface area contributed by atoms with Crippen LogP contribution >= 0.6 is 0 Å². The number of benzene rings is 3. The maximum atomic E-state index is 12.9. The van der Waals surface area contributed by atoms with E-state index in [1.807, 2.05) is 0 Å². The van der Waals surface area contributed by atoms with Gasteiger partial charge in [-0.3, -0.25) is 9.59 Å². The van der Waals surface area contributed by atoms with Crippen molar-refractivity contribution < 1.29 is 34.1 Å². The molecule has 0 aliphatic rings. The van der Waals surface area contributed by atoms with Gasteiger partial charge in [0.2, 0.25) is 0 Å². The van der Waals surface area contributed by atoms with E-state index in [-0.39, 0.29) is 51.8 Å². The molecule has 3 aromatic rings. The zero-order chi connectivity index (χ0) is 26.4. The molecule has 0 unspecified atom stereocenters. The molecule has 0 fully saturated rings. The van der Waals surface area contributed by atoms with Gasteiger partial charge in [-0.15, -0.1) is 0 Å². The van der Waals surface area contributed by atoms with Crippen LogP contribution in [0.25, 0.3) is 0 Å². The highest BCUT2D eigenvalue weighted by Gasteiger charge is 2.19. The monoisotopic (exact) mass is 492 g/mol. The molecule has 0 saturated carbocycles. The van der Waals surface area contributed by atoms with E-state index in [1.165, 1.54) is 48.5 Å². The van der Waals surface area contributed by atoms with Crippen LogP contribution < -0.4 is 15.4 Å². The average molecular weight is 493 g/mol. The lowest BCUT2D eigenvalue weighted by molar-refractivity contribution is 0.0377. The number of rotatable bonds is 8. The van der Waals surface area contributed by atoms with Gasteiger partial charge in [0.05, 0.1) is 34.6 Å². The zero-order valence-electron chi connectivity index (χ0n) is 20.4. The number of carbonyl (C=O) groups excluding carboxylic acids is 3. The molecule has 3 aromatic carbocycles. The van der Waals surface area contributed by atoms with E-state index in [0.717, 1.165) is 0 Å². The molecule has 0 aliphatic heterocycles. The predicted octanol–water partition coefficient (Wildman–Crippen LogP) is 4.95. The number of hydrogen-bond acceptors (Lipinski definition) is 7. The first-order valence-corrected chi connectivity index (χ1v) is 11.3. The number of nitrogens with one attached hydrogen (secondary N) is 2. The van der Waals surface area contributed by atoms with Crippen molar-refractivity contribution >= 4 is 29.2 Å². The molecule has 0 radical (unpaired) electrons. The first kappa shape index (κ1) is 26.1. The Labute approximate surface area is 208 Å². The number of para-hydroxylation sites is 1. The number of aromatic hydroxyl groups is 2. The van der Waals surface area contributed by atoms with E-state index in [0.29, 0.717) is 5.69 Å². The summed E-state index contributed by atoms with van der Waals surface area (Å²) in [5, 5.41) is 25.5. The van der Waals surface area contributed by atoms with Gasteiger partial charge in [-0.1, -0.05) is 12.1 Å². The summed E-state index contributed by atoms with van der Waals surface area (Å²) < 4.78 is 11.0. The Kier molecular flexibility index (Phi) is 8.16. The standard InChI is InChI=1S/C27H28N2O7/c1-15(2)35-24-13-17(27(34)36-16(3)4)9-12-21(24)29-26(33)20-11-10-18(14-23(20)31)28-25(32)19-7-5-6-8-22(19)30/h5-16,30-31H,1-4H3,(H,28,32)(H,29,33). The van der Waals surface area contributed by atoms with Crippen molar-refractivity contribution in [1.29, 1.82) is 0 Å². The van der Waals surface area contributed by atoms with Crippen molar-refractivity contribution in [1.82, 2.24) is 0 Å². The Balaban J connectivity index is 1.79. The number of esters is 1. The Morgan fingerprint density at radius 3 is 2.06 bits per heavy atom. The highest BCUT2D eigenvalue weighted by molar-refractivity contribution is 6.09. The van der Waals surface area contributed by atoms with Crippen molar-refractivity contribution in [3.05, 3.63) is 77.4 Å². The van der Waals surface area contributed by atoms with Crippen LogP contribution in [0.5, 0.6) is 17.2 Å². The minimum atomic E-state index is -0.628. The van der Waals surface area contributed by atoms with Crippen molar-refractivity contribution in [2.24, 2.45) is 0 Å². The number of hydrogen-bond donors (Lipinski definition) is 4. The molecule has 0 aromatic heterocycles. The fraction of sp³-hybridized carbons (Fsp3) is 0.222. The van der Waals surface area contributed by atoms with Crippen LogP contribution in [0.2, 0.25) is 0 Å². The number of anilines is 2. The maximum Gasteiger partial charge on any atom is 0.338 e. The van der Waals surface area contributed by atoms with Crippen LogP contribution in [0.15, 0.2) is 60.7 Å². The van der Waals surface area contributed by atoms with E-state index >= 15 is 0 Å². The van der Waals surface area contributed by atoms with Gasteiger partial charge in [-0.25, -0.2) is 4.79 Å². The van der Waals surface area contributed by atoms with Crippen molar-refractivity contribution in [2.75, 3.05) is 10.6 Å². The summed E-state index contributed by atoms with van der Waals surface area (Å²) in [6, 6.07) is 14.6. The molecular formula is C27H28N2O7. The number of ether oxygens (including phenoxy) is 2. The van der Waals surface area contributed by atoms with Crippen LogP contribution in [0.3, 0.4) is 0 Å². The molecule has 0 aliphatic carbocycles. The third kappa shape index (κ3) is 6.53. The van der Waals surface area contributed by atoms with Gasteiger partial charge < -0.3 is 30.3 Å². The fourth-order valence-electron chi connectivity index (χ4n) is 3.24. The lowest BCUT2D eigenvalue weighted by atomic mass is 10.1. The third-order valence-corrected chi connectivity index (χ3v) is 4.82. The van der Waals surface area contributed by atoms with Crippen molar-refractivity contribution in [2.45, 2.75) is 39.9 Å². The lowest BCUT2D eigenvalue weighted by Gasteiger charge is -2.17. The number of phenols is 2. The topological polar surface area (TPSA) is 134 Å². The molecule has 188 valence electrons. The van der Waals surface area contributed by atoms with Gasteiger partial charge in [0.25, 0.3) is 11.8 Å². The second kappa shape index (κ2) is 11.3. The molecule has 0 heterocycles. The van der Waals surface area contributed by atoms with Crippen LogP contribution in [0, 0.1) is 0 Å². The normalized spacial score (nSPS) is 10.7. The summed E-state index contributed by atoms with van der Waals surface area (Å²) in [6.45, 7) is 7.09. The zero-order valence-corrected chi connectivity index (χ0v) is 20.4. The number of amides is 2. The molecule has 9 heteroatoms. The predicted molar refractivity (Wildman–Crippen MR) is 135 cm³/mol. The summed E-state index contributed by atoms with van der Waals surface area (Å²) in [7, 11) is 0. The van der Waals surface area contributed by atoms with Crippen molar-refractivity contribution in [3.8, 4) is 17.2 Å². The maximum absolute atomic E-state index is 12.9. The Morgan fingerprint density at radius 1 is 0.750 bits per heavy atom. The van der Waals surface area contributed by atoms with Gasteiger partial charge in [-0.05, 0) is 70.2 Å². The fourth-order valence-corrected chi connectivity index (χ4v) is 3.24. The van der Waals surface area contributed by atoms with Crippen LogP contribution in [-0.4, -0.2) is 40.2 Å². The summed E-state index contributed by atoms with van der Waals surface area (Å²) >= 11 is 0. The van der Waals surface area contributed by atoms with Gasteiger partial charge in [-0.2, -0.15) is 0 Å². The van der Waals surface area contributed by atoms with Crippen molar-refractivity contribution in [3.63, 3.8) is 0 Å². The van der Waals surface area contributed by atoms with Gasteiger partial charge in [0.1, 0.15) is 17.2 Å². The second-order valence-electron chi connectivity index (χ2n) is 8.49. The van der Waals surface area contributed by atoms with Crippen LogP contribution in [0.4, 0.5) is 11.4 Å². The minimum absolute atomic E-state index is 0.0469. The SMILES string of the molecule is CC(C)OC(=O)c1ccc(NC(=O)c2ccc(NC(=O)c3ccccc3O)cc2O)c(OC(C)C)c1. The highest BCUT2D eigenvalue weighted by Crippen LogP contribution is 2.30. The lowest BCUT2D eigenvalue weighted by Crippen LogP contribution is -2.17. The van der Waals surface area contributed by atoms with E-state index < -0.39 is 17.8 Å². The van der Waals surface area contributed by atoms with Gasteiger partial charge in [0, 0.05) is 11.8 Å². The van der Waals surface area contributed by atoms with Crippen LogP contribution in [-0.2, 0) is 4.74 Å². The molecule has 9 nitrogen and oxygen atoms in total. The molecule has 4 N–H and O–H groups in total. The summed E-state index contributed by atoms with van der Waals surface area (Å²) in [4.78, 5) is 37.6.